The normalized spacial score (nSPS) is 11.8. The number of nitrogens with zero attached hydrogens (tertiary/aromatic N) is 4. The fourth-order valence-electron chi connectivity index (χ4n) is 6.52. The highest BCUT2D eigenvalue weighted by Crippen LogP contribution is 2.34. The van der Waals surface area contributed by atoms with Crippen LogP contribution in [-0.2, 0) is 0 Å². The van der Waals surface area contributed by atoms with Gasteiger partial charge < -0.3 is 4.57 Å². The molecular formula is C38H24N4O. The first kappa shape index (κ1) is 23.7. The van der Waals surface area contributed by atoms with Crippen molar-refractivity contribution in [2.45, 2.75) is 0 Å². The zero-order valence-corrected chi connectivity index (χ0v) is 23.1. The Morgan fingerprint density at radius 2 is 1.00 bits per heavy atom. The first-order valence-electron chi connectivity index (χ1n) is 14.4. The molecule has 0 atom stereocenters. The van der Waals surface area contributed by atoms with Crippen molar-refractivity contribution in [1.82, 2.24) is 18.5 Å². The van der Waals surface area contributed by atoms with Gasteiger partial charge in [-0.3, -0.25) is 4.57 Å². The van der Waals surface area contributed by atoms with Gasteiger partial charge in [0.15, 0.2) is 5.65 Å². The van der Waals surface area contributed by atoms with Crippen LogP contribution in [0.2, 0.25) is 0 Å². The molecule has 0 amide bonds. The van der Waals surface area contributed by atoms with Crippen LogP contribution in [0.5, 0.6) is 0 Å². The highest BCUT2D eigenvalue weighted by atomic mass is 16.1. The monoisotopic (exact) mass is 552 g/mol. The summed E-state index contributed by atoms with van der Waals surface area (Å²) < 4.78 is 5.85. The van der Waals surface area contributed by atoms with E-state index in [-0.39, 0.29) is 5.69 Å². The lowest BCUT2D eigenvalue weighted by Gasteiger charge is -2.14. The van der Waals surface area contributed by atoms with Crippen molar-refractivity contribution in [2.75, 3.05) is 0 Å². The van der Waals surface area contributed by atoms with E-state index >= 15 is 0 Å². The van der Waals surface area contributed by atoms with Crippen molar-refractivity contribution in [1.29, 1.82) is 0 Å². The molecule has 0 aliphatic carbocycles. The van der Waals surface area contributed by atoms with E-state index in [1.54, 1.807) is 8.97 Å². The molecule has 0 aliphatic rings. The maximum Gasteiger partial charge on any atom is 0.339 e. The van der Waals surface area contributed by atoms with E-state index < -0.39 is 0 Å². The number of fused-ring (bicyclic) bond motifs is 8. The predicted octanol–water partition coefficient (Wildman–Crippen LogP) is 8.56. The van der Waals surface area contributed by atoms with Crippen molar-refractivity contribution in [3.8, 4) is 22.5 Å². The third-order valence-corrected chi connectivity index (χ3v) is 8.48. The van der Waals surface area contributed by atoms with E-state index in [2.05, 4.69) is 89.5 Å². The minimum atomic E-state index is -0.134. The molecule has 0 fully saturated rings. The largest absolute Gasteiger partial charge is 0.339 e. The van der Waals surface area contributed by atoms with E-state index in [1.165, 1.54) is 21.8 Å². The summed E-state index contributed by atoms with van der Waals surface area (Å²) in [5.41, 5.74) is 9.42. The first-order chi connectivity index (χ1) is 21.3. The van der Waals surface area contributed by atoms with Gasteiger partial charge in [0.2, 0.25) is 0 Å². The van der Waals surface area contributed by atoms with Gasteiger partial charge in [0.1, 0.15) is 0 Å². The summed E-state index contributed by atoms with van der Waals surface area (Å²) in [7, 11) is 0. The molecule has 5 nitrogen and oxygen atoms in total. The second-order valence-electron chi connectivity index (χ2n) is 10.9. The van der Waals surface area contributed by atoms with Gasteiger partial charge >= 0.3 is 5.69 Å². The lowest BCUT2D eigenvalue weighted by Crippen LogP contribution is -2.25. The minimum Gasteiger partial charge on any atom is -0.309 e. The van der Waals surface area contributed by atoms with E-state index in [0.29, 0.717) is 5.65 Å². The van der Waals surface area contributed by atoms with E-state index in [9.17, 15) is 4.79 Å². The number of hydrogen-bond acceptors (Lipinski definition) is 2. The standard InChI is InChI=1S/C38H24N4O/c43-38-41(27-10-2-1-3-11-27)35-23-20-26(24-31(35)37-39-32-14-6-9-17-36(32)42(37)38)25-18-21-28(22-19-25)40-33-15-7-4-12-29(33)30-13-5-8-16-34(30)40/h1-24H. The molecule has 0 saturated carbocycles. The number of rotatable bonds is 3. The summed E-state index contributed by atoms with van der Waals surface area (Å²) in [5, 5.41) is 3.41. The molecule has 0 saturated heterocycles. The minimum absolute atomic E-state index is 0.134. The van der Waals surface area contributed by atoms with E-state index in [4.69, 9.17) is 4.98 Å². The molecule has 3 aromatic heterocycles. The Morgan fingerprint density at radius 3 is 1.72 bits per heavy atom. The first-order valence-corrected chi connectivity index (χ1v) is 14.4. The number of hydrogen-bond donors (Lipinski definition) is 0. The molecule has 5 heteroatoms. The summed E-state index contributed by atoms with van der Waals surface area (Å²) >= 11 is 0. The van der Waals surface area contributed by atoms with Crippen LogP contribution in [0, 0.1) is 0 Å². The zero-order chi connectivity index (χ0) is 28.5. The maximum absolute atomic E-state index is 14.0. The number of para-hydroxylation sites is 5. The molecule has 6 aromatic carbocycles. The number of benzene rings is 6. The fourth-order valence-corrected chi connectivity index (χ4v) is 6.52. The highest BCUT2D eigenvalue weighted by Gasteiger charge is 2.17. The van der Waals surface area contributed by atoms with Crippen LogP contribution in [0.4, 0.5) is 0 Å². The molecule has 0 radical (unpaired) electrons. The maximum atomic E-state index is 14.0. The SMILES string of the molecule is O=c1n(-c2ccccc2)c2ccc(-c3ccc(-n4c5ccccc5c5ccccc54)cc3)cc2c2nc3ccccc3n12. The van der Waals surface area contributed by atoms with Crippen LogP contribution in [0.25, 0.3) is 71.9 Å². The van der Waals surface area contributed by atoms with Crippen molar-refractivity contribution in [3.05, 3.63) is 156 Å². The molecule has 0 N–H and O–H groups in total. The van der Waals surface area contributed by atoms with Gasteiger partial charge in [-0.1, -0.05) is 84.9 Å². The molecule has 0 bridgehead atoms. The molecule has 43 heavy (non-hydrogen) atoms. The van der Waals surface area contributed by atoms with Gasteiger partial charge in [-0.05, 0) is 71.8 Å². The second kappa shape index (κ2) is 9.03. The zero-order valence-electron chi connectivity index (χ0n) is 23.1. The van der Waals surface area contributed by atoms with Gasteiger partial charge in [-0.2, -0.15) is 0 Å². The Labute approximate surface area is 246 Å². The second-order valence-corrected chi connectivity index (χ2v) is 10.9. The van der Waals surface area contributed by atoms with Crippen molar-refractivity contribution in [2.24, 2.45) is 0 Å². The van der Waals surface area contributed by atoms with Gasteiger partial charge in [0.05, 0.1) is 33.3 Å². The van der Waals surface area contributed by atoms with Crippen molar-refractivity contribution in [3.63, 3.8) is 0 Å². The molecule has 3 heterocycles. The molecule has 0 aliphatic heterocycles. The molecule has 0 spiro atoms. The summed E-state index contributed by atoms with van der Waals surface area (Å²) in [6.07, 6.45) is 0. The van der Waals surface area contributed by atoms with E-state index in [1.807, 2.05) is 60.7 Å². The summed E-state index contributed by atoms with van der Waals surface area (Å²) in [6, 6.07) is 49.7. The average Bonchev–Trinajstić information content (AvgIpc) is 3.62. The number of aromatic nitrogens is 4. The van der Waals surface area contributed by atoms with Gasteiger partial charge in [0, 0.05) is 21.8 Å². The Balaban J connectivity index is 1.25. The summed E-state index contributed by atoms with van der Waals surface area (Å²) in [5.74, 6) is 0. The Hall–Kier alpha value is -5.94. The molecular weight excluding hydrogens is 528 g/mol. The van der Waals surface area contributed by atoms with Gasteiger partial charge in [-0.25, -0.2) is 14.2 Å². The van der Waals surface area contributed by atoms with E-state index in [0.717, 1.165) is 44.4 Å². The van der Waals surface area contributed by atoms with Crippen LogP contribution < -0.4 is 5.69 Å². The highest BCUT2D eigenvalue weighted by molar-refractivity contribution is 6.09. The molecule has 202 valence electrons. The van der Waals surface area contributed by atoms with Crippen LogP contribution in [0.1, 0.15) is 0 Å². The van der Waals surface area contributed by atoms with Crippen LogP contribution >= 0.6 is 0 Å². The Morgan fingerprint density at radius 1 is 0.442 bits per heavy atom. The summed E-state index contributed by atoms with van der Waals surface area (Å²) in [6.45, 7) is 0. The Bertz CT molecular complexity index is 2520. The predicted molar refractivity (Wildman–Crippen MR) is 176 cm³/mol. The lowest BCUT2D eigenvalue weighted by molar-refractivity contribution is 0.932. The summed E-state index contributed by atoms with van der Waals surface area (Å²) in [4.78, 5) is 18.9. The Kier molecular flexibility index (Phi) is 4.98. The fraction of sp³-hybridized carbons (Fsp3) is 0. The number of imidazole rings is 1. The van der Waals surface area contributed by atoms with Gasteiger partial charge in [0.25, 0.3) is 0 Å². The third kappa shape index (κ3) is 3.45. The smallest absolute Gasteiger partial charge is 0.309 e. The van der Waals surface area contributed by atoms with Crippen LogP contribution in [-0.4, -0.2) is 18.5 Å². The van der Waals surface area contributed by atoms with Crippen molar-refractivity contribution < 1.29 is 0 Å². The third-order valence-electron chi connectivity index (χ3n) is 8.48. The topological polar surface area (TPSA) is 44.2 Å². The molecule has 0 unspecified atom stereocenters. The lowest BCUT2D eigenvalue weighted by atomic mass is 10.0. The molecule has 9 rings (SSSR count). The van der Waals surface area contributed by atoms with Crippen molar-refractivity contribution >= 4 is 49.4 Å². The van der Waals surface area contributed by atoms with Crippen LogP contribution in [0.15, 0.2) is 150 Å². The molecule has 9 aromatic rings. The average molecular weight is 553 g/mol. The van der Waals surface area contributed by atoms with Gasteiger partial charge in [-0.15, -0.1) is 0 Å². The van der Waals surface area contributed by atoms with Crippen LogP contribution in [0.3, 0.4) is 0 Å². The quantitative estimate of drug-likeness (QED) is 0.220.